The van der Waals surface area contributed by atoms with Gasteiger partial charge in [0.05, 0.1) is 6.04 Å². The van der Waals surface area contributed by atoms with E-state index in [1.165, 1.54) is 12.7 Å². The molecule has 0 aliphatic heterocycles. The van der Waals surface area contributed by atoms with Crippen LogP contribution in [-0.4, -0.2) is 26.8 Å². The first-order valence-electron chi connectivity index (χ1n) is 4.67. The van der Waals surface area contributed by atoms with E-state index in [1.807, 2.05) is 0 Å². The lowest BCUT2D eigenvalue weighted by Gasteiger charge is -2.07. The zero-order valence-electron chi connectivity index (χ0n) is 8.18. The van der Waals surface area contributed by atoms with E-state index in [0.717, 1.165) is 12.8 Å². The highest BCUT2D eigenvalue weighted by molar-refractivity contribution is 5.96. The zero-order valence-corrected chi connectivity index (χ0v) is 8.18. The topological polar surface area (TPSA) is 81.8 Å². The third-order valence-electron chi connectivity index (χ3n) is 1.92. The average molecular weight is 194 g/mol. The van der Waals surface area contributed by atoms with Gasteiger partial charge in [-0.1, -0.05) is 19.8 Å². The lowest BCUT2D eigenvalue weighted by molar-refractivity contribution is 0.0945. The molecule has 0 aliphatic rings. The molecule has 5 nitrogen and oxygen atoms in total. The van der Waals surface area contributed by atoms with Gasteiger partial charge in [-0.15, -0.1) is 0 Å². The molecule has 0 amide bonds. The molecule has 76 valence electrons. The number of aromatic nitrogens is 3. The van der Waals surface area contributed by atoms with Gasteiger partial charge in [-0.25, -0.2) is 15.0 Å². The summed E-state index contributed by atoms with van der Waals surface area (Å²) < 4.78 is 0. The van der Waals surface area contributed by atoms with Crippen LogP contribution >= 0.6 is 0 Å². The summed E-state index contributed by atoms with van der Waals surface area (Å²) in [5, 5.41) is 0. The molecule has 0 saturated carbocycles. The van der Waals surface area contributed by atoms with E-state index in [9.17, 15) is 4.79 Å². The Kier molecular flexibility index (Phi) is 4.12. The largest absolute Gasteiger partial charge is 0.321 e. The monoisotopic (exact) mass is 194 g/mol. The summed E-state index contributed by atoms with van der Waals surface area (Å²) in [7, 11) is 0. The molecular formula is C9H14N4O. The van der Waals surface area contributed by atoms with Crippen molar-refractivity contribution in [1.29, 1.82) is 0 Å². The summed E-state index contributed by atoms with van der Waals surface area (Å²) in [6.07, 6.45) is 5.25. The number of hydrogen-bond donors (Lipinski definition) is 1. The molecule has 1 aromatic rings. The van der Waals surface area contributed by atoms with Crippen molar-refractivity contribution < 1.29 is 4.79 Å². The zero-order chi connectivity index (χ0) is 10.4. The van der Waals surface area contributed by atoms with Crippen LogP contribution in [0.4, 0.5) is 0 Å². The van der Waals surface area contributed by atoms with Crippen molar-refractivity contribution in [3.8, 4) is 0 Å². The maximum Gasteiger partial charge on any atom is 0.216 e. The minimum Gasteiger partial charge on any atom is -0.321 e. The van der Waals surface area contributed by atoms with E-state index < -0.39 is 6.04 Å². The molecular weight excluding hydrogens is 180 g/mol. The molecule has 0 saturated heterocycles. The molecule has 0 bridgehead atoms. The SMILES string of the molecule is CCCCC(N)C(=O)c1ncncn1. The van der Waals surface area contributed by atoms with Crippen LogP contribution in [0.15, 0.2) is 12.7 Å². The van der Waals surface area contributed by atoms with Gasteiger partial charge >= 0.3 is 0 Å². The predicted molar refractivity (Wildman–Crippen MR) is 51.7 cm³/mol. The van der Waals surface area contributed by atoms with Crippen molar-refractivity contribution in [1.82, 2.24) is 15.0 Å². The number of ketones is 1. The van der Waals surface area contributed by atoms with Gasteiger partial charge in [0.15, 0.2) is 0 Å². The number of nitrogens with zero attached hydrogens (tertiary/aromatic N) is 3. The number of Topliss-reactive ketones (excluding diaryl/α,β-unsaturated/α-hetero) is 1. The van der Waals surface area contributed by atoms with Crippen LogP contribution in [0, 0.1) is 0 Å². The summed E-state index contributed by atoms with van der Waals surface area (Å²) in [5.74, 6) is -0.0514. The number of unbranched alkanes of at least 4 members (excludes halogenated alkanes) is 1. The molecule has 1 atom stereocenters. The lowest BCUT2D eigenvalue weighted by Crippen LogP contribution is -2.31. The van der Waals surface area contributed by atoms with E-state index in [-0.39, 0.29) is 11.6 Å². The number of rotatable bonds is 5. The molecule has 0 aromatic carbocycles. The van der Waals surface area contributed by atoms with Crippen LogP contribution in [0.1, 0.15) is 36.8 Å². The molecule has 2 N–H and O–H groups in total. The standard InChI is InChI=1S/C9H14N4O/c1-2-3-4-7(10)8(14)9-12-5-11-6-13-9/h5-7H,2-4,10H2,1H3. The lowest BCUT2D eigenvalue weighted by atomic mass is 10.1. The minimum absolute atomic E-state index is 0.156. The molecule has 0 aliphatic carbocycles. The van der Waals surface area contributed by atoms with Gasteiger partial charge in [0.2, 0.25) is 11.6 Å². The van der Waals surface area contributed by atoms with Gasteiger partial charge in [0, 0.05) is 0 Å². The van der Waals surface area contributed by atoms with Gasteiger partial charge in [0.1, 0.15) is 12.7 Å². The summed E-state index contributed by atoms with van der Waals surface area (Å²) >= 11 is 0. The van der Waals surface area contributed by atoms with Crippen LogP contribution in [0.2, 0.25) is 0 Å². The van der Waals surface area contributed by atoms with Crippen molar-refractivity contribution in [2.45, 2.75) is 32.2 Å². The summed E-state index contributed by atoms with van der Waals surface area (Å²) in [6, 6.07) is -0.489. The Hall–Kier alpha value is -1.36. The van der Waals surface area contributed by atoms with E-state index in [1.54, 1.807) is 0 Å². The quantitative estimate of drug-likeness (QED) is 0.693. The first kappa shape index (κ1) is 10.7. The minimum atomic E-state index is -0.489. The first-order valence-corrected chi connectivity index (χ1v) is 4.67. The second-order valence-corrected chi connectivity index (χ2v) is 3.07. The van der Waals surface area contributed by atoms with Gasteiger partial charge in [-0.3, -0.25) is 4.79 Å². The average Bonchev–Trinajstić information content (AvgIpc) is 2.26. The predicted octanol–water partition coefficient (Wildman–Crippen LogP) is 0.572. The van der Waals surface area contributed by atoms with Crippen molar-refractivity contribution in [3.63, 3.8) is 0 Å². The molecule has 0 fully saturated rings. The normalized spacial score (nSPS) is 12.4. The molecule has 0 spiro atoms. The van der Waals surface area contributed by atoms with Crippen molar-refractivity contribution >= 4 is 5.78 Å². The Bertz CT molecular complexity index is 288. The highest BCUT2D eigenvalue weighted by Gasteiger charge is 2.17. The number of nitrogens with two attached hydrogens (primary N) is 1. The third-order valence-corrected chi connectivity index (χ3v) is 1.92. The number of hydrogen-bond acceptors (Lipinski definition) is 5. The van der Waals surface area contributed by atoms with E-state index >= 15 is 0 Å². The van der Waals surface area contributed by atoms with Crippen LogP contribution < -0.4 is 5.73 Å². The van der Waals surface area contributed by atoms with Gasteiger partial charge in [0.25, 0.3) is 0 Å². The summed E-state index contributed by atoms with van der Waals surface area (Å²) in [6.45, 7) is 2.06. The summed E-state index contributed by atoms with van der Waals surface area (Å²) in [5.41, 5.74) is 5.69. The van der Waals surface area contributed by atoms with Crippen molar-refractivity contribution in [3.05, 3.63) is 18.5 Å². The van der Waals surface area contributed by atoms with E-state index in [0.29, 0.717) is 6.42 Å². The maximum absolute atomic E-state index is 11.6. The Balaban J connectivity index is 2.57. The Morgan fingerprint density at radius 3 is 2.71 bits per heavy atom. The molecule has 1 unspecified atom stereocenters. The molecule has 1 heterocycles. The molecule has 1 rings (SSSR count). The van der Waals surface area contributed by atoms with Crippen molar-refractivity contribution in [2.24, 2.45) is 5.73 Å². The fraction of sp³-hybridized carbons (Fsp3) is 0.556. The molecule has 14 heavy (non-hydrogen) atoms. The van der Waals surface area contributed by atoms with Crippen molar-refractivity contribution in [2.75, 3.05) is 0 Å². The Morgan fingerprint density at radius 1 is 1.50 bits per heavy atom. The van der Waals surface area contributed by atoms with Crippen LogP contribution in [0.5, 0.6) is 0 Å². The van der Waals surface area contributed by atoms with Crippen LogP contribution in [-0.2, 0) is 0 Å². The second-order valence-electron chi connectivity index (χ2n) is 3.07. The molecule has 0 radical (unpaired) electrons. The Morgan fingerprint density at radius 2 is 2.14 bits per heavy atom. The third kappa shape index (κ3) is 2.85. The Labute approximate surface area is 82.8 Å². The van der Waals surface area contributed by atoms with Gasteiger partial charge in [-0.2, -0.15) is 0 Å². The van der Waals surface area contributed by atoms with Crippen LogP contribution in [0.3, 0.4) is 0 Å². The first-order chi connectivity index (χ1) is 6.75. The summed E-state index contributed by atoms with van der Waals surface area (Å²) in [4.78, 5) is 22.7. The van der Waals surface area contributed by atoms with E-state index in [2.05, 4.69) is 21.9 Å². The van der Waals surface area contributed by atoms with Gasteiger partial charge in [-0.05, 0) is 6.42 Å². The van der Waals surface area contributed by atoms with Gasteiger partial charge < -0.3 is 5.73 Å². The number of carbonyl (C=O) groups excluding carboxylic acids is 1. The smallest absolute Gasteiger partial charge is 0.216 e. The maximum atomic E-state index is 11.6. The van der Waals surface area contributed by atoms with Crippen LogP contribution in [0.25, 0.3) is 0 Å². The fourth-order valence-corrected chi connectivity index (χ4v) is 1.09. The second kappa shape index (κ2) is 5.39. The highest BCUT2D eigenvalue weighted by Crippen LogP contribution is 2.02. The fourth-order valence-electron chi connectivity index (χ4n) is 1.09. The number of carbonyl (C=O) groups is 1. The molecule has 1 aromatic heterocycles. The molecule has 5 heteroatoms. The van der Waals surface area contributed by atoms with E-state index in [4.69, 9.17) is 5.73 Å². The highest BCUT2D eigenvalue weighted by atomic mass is 16.1.